The molecule has 0 fully saturated rings. The number of benzene rings is 1. The van der Waals surface area contributed by atoms with Crippen molar-refractivity contribution in [1.29, 1.82) is 0 Å². The third-order valence-corrected chi connectivity index (χ3v) is 4.78. The lowest BCUT2D eigenvalue weighted by Gasteiger charge is -2.27. The summed E-state index contributed by atoms with van der Waals surface area (Å²) in [4.78, 5) is 49.4. The molecular formula is C22H29N3O7. The summed E-state index contributed by atoms with van der Waals surface area (Å²) in [5.41, 5.74) is 0.663. The van der Waals surface area contributed by atoms with Gasteiger partial charge in [-0.1, -0.05) is 13.8 Å². The van der Waals surface area contributed by atoms with Gasteiger partial charge in [-0.3, -0.25) is 4.79 Å². The van der Waals surface area contributed by atoms with E-state index >= 15 is 0 Å². The predicted octanol–water partition coefficient (Wildman–Crippen LogP) is 1.51. The minimum atomic E-state index is -0.939. The second-order valence-corrected chi connectivity index (χ2v) is 7.46. The molecule has 2 rings (SSSR count). The molecule has 174 valence electrons. The summed E-state index contributed by atoms with van der Waals surface area (Å²) in [5, 5.41) is 7.72. The number of ether oxygens (including phenoxy) is 3. The summed E-state index contributed by atoms with van der Waals surface area (Å²) in [6.07, 6.45) is 0. The van der Waals surface area contributed by atoms with E-state index in [9.17, 15) is 19.2 Å². The molecule has 10 heteroatoms. The molecule has 0 saturated heterocycles. The third-order valence-electron chi connectivity index (χ3n) is 4.78. The Morgan fingerprint density at radius 1 is 1.12 bits per heavy atom. The molecule has 1 aliphatic heterocycles. The predicted molar refractivity (Wildman–Crippen MR) is 115 cm³/mol. The first-order valence-corrected chi connectivity index (χ1v) is 10.3. The van der Waals surface area contributed by atoms with E-state index in [2.05, 4.69) is 16.0 Å². The fourth-order valence-electron chi connectivity index (χ4n) is 3.09. The number of nitrogens with one attached hydrogen (secondary N) is 3. The number of carbonyl (C=O) groups excluding carboxylic acids is 4. The van der Waals surface area contributed by atoms with E-state index in [4.69, 9.17) is 14.2 Å². The molecule has 0 saturated carbocycles. The van der Waals surface area contributed by atoms with Gasteiger partial charge in [-0.15, -0.1) is 0 Å². The Kier molecular flexibility index (Phi) is 8.62. The van der Waals surface area contributed by atoms with Crippen LogP contribution in [0, 0.1) is 5.92 Å². The number of methoxy groups -OCH3 is 1. The molecule has 0 spiro atoms. The van der Waals surface area contributed by atoms with Crippen molar-refractivity contribution in [1.82, 2.24) is 16.0 Å². The van der Waals surface area contributed by atoms with Crippen molar-refractivity contribution in [2.24, 2.45) is 5.92 Å². The number of rotatable bonds is 9. The van der Waals surface area contributed by atoms with Crippen molar-refractivity contribution in [3.63, 3.8) is 0 Å². The zero-order valence-corrected chi connectivity index (χ0v) is 18.8. The van der Waals surface area contributed by atoms with Crippen LogP contribution in [0.15, 0.2) is 35.5 Å². The Hall–Kier alpha value is -3.56. The lowest BCUT2D eigenvalue weighted by molar-refractivity contribution is -0.146. The van der Waals surface area contributed by atoms with Gasteiger partial charge in [-0.2, -0.15) is 0 Å². The minimum Gasteiger partial charge on any atom is -0.497 e. The number of hydrogen-bond donors (Lipinski definition) is 3. The zero-order valence-electron chi connectivity index (χ0n) is 18.8. The standard InChI is InChI=1S/C22H29N3O7/c1-6-31-20(27)17-13(4)23-22(29)24-16(17)11-32-21(28)18(12(2)3)25-19(26)14-7-9-15(30-5)10-8-14/h7-10,12-13,18H,6,11H2,1-5H3,(H,25,26)(H2,23,24,29). The molecule has 0 aliphatic carbocycles. The second kappa shape index (κ2) is 11.2. The van der Waals surface area contributed by atoms with Crippen molar-refractivity contribution in [3.8, 4) is 5.75 Å². The van der Waals surface area contributed by atoms with Gasteiger partial charge >= 0.3 is 18.0 Å². The molecule has 3 amide bonds. The van der Waals surface area contributed by atoms with Gasteiger partial charge in [-0.05, 0) is 44.0 Å². The molecule has 3 N–H and O–H groups in total. The topological polar surface area (TPSA) is 132 Å². The molecule has 2 unspecified atom stereocenters. The first-order valence-electron chi connectivity index (χ1n) is 10.3. The van der Waals surface area contributed by atoms with Crippen LogP contribution >= 0.6 is 0 Å². The third kappa shape index (κ3) is 6.22. The van der Waals surface area contributed by atoms with E-state index in [0.717, 1.165) is 0 Å². The van der Waals surface area contributed by atoms with E-state index in [1.54, 1.807) is 52.0 Å². The first kappa shape index (κ1) is 24.7. The van der Waals surface area contributed by atoms with Gasteiger partial charge in [0.05, 0.1) is 31.0 Å². The number of hydrogen-bond acceptors (Lipinski definition) is 7. The highest BCUT2D eigenvalue weighted by atomic mass is 16.5. The smallest absolute Gasteiger partial charge is 0.338 e. The Bertz CT molecular complexity index is 893. The molecule has 1 aromatic carbocycles. The molecule has 0 bridgehead atoms. The fraction of sp³-hybridized carbons (Fsp3) is 0.455. The highest BCUT2D eigenvalue weighted by Crippen LogP contribution is 2.16. The summed E-state index contributed by atoms with van der Waals surface area (Å²) < 4.78 is 15.5. The van der Waals surface area contributed by atoms with Gasteiger partial charge in [0.2, 0.25) is 0 Å². The lowest BCUT2D eigenvalue weighted by Crippen LogP contribution is -2.50. The van der Waals surface area contributed by atoms with E-state index in [1.807, 2.05) is 0 Å². The van der Waals surface area contributed by atoms with Crippen molar-refractivity contribution in [2.45, 2.75) is 39.8 Å². The molecule has 1 aromatic rings. The number of amides is 3. The highest BCUT2D eigenvalue weighted by Gasteiger charge is 2.32. The molecule has 0 aromatic heterocycles. The zero-order chi connectivity index (χ0) is 23.8. The van der Waals surface area contributed by atoms with Gasteiger partial charge < -0.3 is 30.2 Å². The molecule has 1 heterocycles. The van der Waals surface area contributed by atoms with Crippen LogP contribution in [-0.2, 0) is 19.1 Å². The van der Waals surface area contributed by atoms with Crippen molar-refractivity contribution in [2.75, 3.05) is 20.3 Å². The summed E-state index contributed by atoms with van der Waals surface area (Å²) >= 11 is 0. The number of carbonyl (C=O) groups is 4. The van der Waals surface area contributed by atoms with Crippen LogP contribution in [0.4, 0.5) is 4.79 Å². The largest absolute Gasteiger partial charge is 0.497 e. The Morgan fingerprint density at radius 2 is 1.78 bits per heavy atom. The van der Waals surface area contributed by atoms with E-state index < -0.39 is 36.0 Å². The SMILES string of the molecule is CCOC(=O)C1=C(COC(=O)C(NC(=O)c2ccc(OC)cc2)C(C)C)NC(=O)NC1C. The van der Waals surface area contributed by atoms with Gasteiger partial charge in [0, 0.05) is 5.56 Å². The van der Waals surface area contributed by atoms with E-state index in [0.29, 0.717) is 11.3 Å². The Balaban J connectivity index is 2.12. The van der Waals surface area contributed by atoms with E-state index in [-0.39, 0.29) is 30.4 Å². The monoisotopic (exact) mass is 447 g/mol. The van der Waals surface area contributed by atoms with Crippen molar-refractivity contribution < 1.29 is 33.4 Å². The van der Waals surface area contributed by atoms with Crippen molar-refractivity contribution >= 4 is 23.9 Å². The molecule has 1 aliphatic rings. The lowest BCUT2D eigenvalue weighted by atomic mass is 10.0. The maximum atomic E-state index is 12.7. The van der Waals surface area contributed by atoms with Crippen LogP contribution in [-0.4, -0.2) is 56.3 Å². The molecule has 2 atom stereocenters. The van der Waals surface area contributed by atoms with Gasteiger partial charge in [0.25, 0.3) is 5.91 Å². The molecule has 32 heavy (non-hydrogen) atoms. The van der Waals surface area contributed by atoms with Crippen LogP contribution in [0.2, 0.25) is 0 Å². The maximum Gasteiger partial charge on any atom is 0.338 e. The fourth-order valence-corrected chi connectivity index (χ4v) is 3.09. The van der Waals surface area contributed by atoms with Crippen LogP contribution in [0.3, 0.4) is 0 Å². The van der Waals surface area contributed by atoms with Crippen molar-refractivity contribution in [3.05, 3.63) is 41.1 Å². The average Bonchev–Trinajstić information content (AvgIpc) is 2.75. The summed E-state index contributed by atoms with van der Waals surface area (Å²) in [6, 6.07) is 4.37. The summed E-state index contributed by atoms with van der Waals surface area (Å²) in [5.74, 6) is -1.43. The van der Waals surface area contributed by atoms with Gasteiger partial charge in [0.1, 0.15) is 18.4 Å². The summed E-state index contributed by atoms with van der Waals surface area (Å²) in [7, 11) is 1.52. The minimum absolute atomic E-state index is 0.136. The second-order valence-electron chi connectivity index (χ2n) is 7.46. The number of esters is 2. The van der Waals surface area contributed by atoms with Crippen LogP contribution < -0.4 is 20.7 Å². The van der Waals surface area contributed by atoms with Crippen LogP contribution in [0.5, 0.6) is 5.75 Å². The average molecular weight is 447 g/mol. The van der Waals surface area contributed by atoms with Crippen LogP contribution in [0.1, 0.15) is 38.1 Å². The molecule has 10 nitrogen and oxygen atoms in total. The van der Waals surface area contributed by atoms with E-state index in [1.165, 1.54) is 7.11 Å². The van der Waals surface area contributed by atoms with Gasteiger partial charge in [-0.25, -0.2) is 14.4 Å². The Morgan fingerprint density at radius 3 is 2.34 bits per heavy atom. The quantitative estimate of drug-likeness (QED) is 0.489. The highest BCUT2D eigenvalue weighted by molar-refractivity contribution is 5.97. The molecule has 0 radical (unpaired) electrons. The Labute approximate surface area is 186 Å². The van der Waals surface area contributed by atoms with Gasteiger partial charge in [0.15, 0.2) is 0 Å². The first-order chi connectivity index (χ1) is 15.2. The maximum absolute atomic E-state index is 12.7. The van der Waals surface area contributed by atoms with Crippen LogP contribution in [0.25, 0.3) is 0 Å². The number of urea groups is 1. The normalized spacial score (nSPS) is 16.6. The summed E-state index contributed by atoms with van der Waals surface area (Å²) in [6.45, 7) is 6.61. The molecular weight excluding hydrogens is 418 g/mol.